The van der Waals surface area contributed by atoms with Gasteiger partial charge in [-0.25, -0.2) is 13.2 Å². The summed E-state index contributed by atoms with van der Waals surface area (Å²) >= 11 is 3.38. The predicted octanol–water partition coefficient (Wildman–Crippen LogP) is 23.2. The van der Waals surface area contributed by atoms with Gasteiger partial charge in [0.05, 0.1) is 42.2 Å². The Kier molecular flexibility index (Phi) is 24.3. The highest BCUT2D eigenvalue weighted by Crippen LogP contribution is 2.70. The van der Waals surface area contributed by atoms with E-state index in [1.165, 1.54) is 112 Å². The zero-order valence-electron chi connectivity index (χ0n) is 71.2. The molecule has 0 bridgehead atoms. The molecule has 640 valence electrons. The highest BCUT2D eigenvalue weighted by molar-refractivity contribution is 7.10. The fraction of sp³-hybridized carbons (Fsp3) is 0.802. The number of hydrogen-bond donors (Lipinski definition) is 4. The van der Waals surface area contributed by atoms with Crippen LogP contribution in [0.1, 0.15) is 300 Å². The van der Waals surface area contributed by atoms with Crippen molar-refractivity contribution in [1.82, 2.24) is 0 Å². The molecular formula is C101H143F3O10S2. The number of alkyl halides is 3. The van der Waals surface area contributed by atoms with Gasteiger partial charge < -0.3 is 29.3 Å². The Morgan fingerprint density at radius 1 is 0.379 bits per heavy atom. The largest absolute Gasteiger partial charge is 0.469 e. The standard InChI is InChI=1S/C26H38O3.C25H34F2O2S.C25H35FO2S.C25H36O3/c1-3-26(28)13-11-19-17(16-26)6-7-21-20(19)10-12-25(2)22(21)8-9-23(25)24(27)15-18-5-4-14-29-18;1-24-10-8-18-17-9-11-25(29,23(26)27)14-15(17)4-5-19(18)20(24)6-7-21(24)22(28)13-16-3-2-12-30-16;1-24-10-8-19-18-9-11-25(28,15-26)14-16(18)4-5-20(19)21(24)6-7-22(24)23(27)13-17-3-2-12-29-17;1-24(27)11-9-18-16(15-24)5-6-20-19(18)10-12-25(2)21(20)7-8-22(25)23(26)14-17-4-3-13-28-17/h4-5,14,17,19-23,28H,3,6-13,15-16H2,1-2H3;2-3,12,15,17-21,23,29H,4-11,13-14H2,1H3;2-3,12,16,18-22,28H,4-11,13-15H2,1H3;3-4,13,16,18-22,27H,5-12,14-15H2,1-2H3/t17-,19-,20+,21+,22-,23+,25-,26+;15-,17-,18+,19+,20-,21+,24-,25+;16-,18-,19+,20+,21-,22+,24-,25+;16-,18-,19+,20+,21-,22+,24+,25-/m0000/s1. The third-order valence-electron chi connectivity index (χ3n) is 39.1. The molecule has 0 spiro atoms. The van der Waals surface area contributed by atoms with E-state index >= 15 is 0 Å². The Balaban J connectivity index is 0.000000111. The van der Waals surface area contributed by atoms with Crippen LogP contribution in [0, 0.1) is 164 Å². The molecule has 10 nitrogen and oxygen atoms in total. The fourth-order valence-electron chi connectivity index (χ4n) is 33.5. The molecule has 0 unspecified atom stereocenters. The van der Waals surface area contributed by atoms with Crippen LogP contribution in [0.15, 0.2) is 80.7 Å². The predicted molar refractivity (Wildman–Crippen MR) is 451 cm³/mol. The quantitative estimate of drug-likeness (QED) is 0.0896. The van der Waals surface area contributed by atoms with Gasteiger partial charge in [-0.15, -0.1) is 22.7 Å². The molecule has 16 saturated carbocycles. The Morgan fingerprint density at radius 3 is 1.06 bits per heavy atom. The van der Waals surface area contributed by atoms with Crippen molar-refractivity contribution in [3.8, 4) is 0 Å². The van der Waals surface area contributed by atoms with Crippen molar-refractivity contribution in [3.05, 3.63) is 93.1 Å². The third kappa shape index (κ3) is 15.8. The summed E-state index contributed by atoms with van der Waals surface area (Å²) < 4.78 is 51.1. The lowest BCUT2D eigenvalue weighted by Crippen LogP contribution is -2.53. The van der Waals surface area contributed by atoms with E-state index in [0.717, 1.165) is 192 Å². The molecule has 0 aromatic carbocycles. The zero-order chi connectivity index (χ0) is 81.1. The first-order chi connectivity index (χ1) is 55.6. The maximum absolute atomic E-state index is 13.4. The number of Topliss-reactive ketones (excluding diaryl/α,β-unsaturated/α-hetero) is 4. The Bertz CT molecular complexity index is 3880. The van der Waals surface area contributed by atoms with Crippen LogP contribution < -0.4 is 0 Å². The van der Waals surface area contributed by atoms with Crippen LogP contribution in [0.2, 0.25) is 0 Å². The van der Waals surface area contributed by atoms with Gasteiger partial charge in [0.1, 0.15) is 46.9 Å². The molecule has 0 radical (unpaired) electrons. The van der Waals surface area contributed by atoms with Gasteiger partial charge in [-0.3, -0.25) is 19.2 Å². The number of ketones is 4. The molecule has 4 aromatic rings. The summed E-state index contributed by atoms with van der Waals surface area (Å²) in [5.74, 6) is 18.0. The van der Waals surface area contributed by atoms with Crippen molar-refractivity contribution in [2.24, 2.45) is 164 Å². The summed E-state index contributed by atoms with van der Waals surface area (Å²) in [7, 11) is 0. The topological polar surface area (TPSA) is 175 Å². The first-order valence-corrected chi connectivity index (χ1v) is 49.3. The minimum atomic E-state index is -2.63. The lowest BCUT2D eigenvalue weighted by atomic mass is 9.48. The van der Waals surface area contributed by atoms with Crippen LogP contribution in [-0.4, -0.2) is 79.1 Å². The van der Waals surface area contributed by atoms with E-state index in [1.54, 1.807) is 35.2 Å². The summed E-state index contributed by atoms with van der Waals surface area (Å²) in [6.45, 7) is 13.3. The van der Waals surface area contributed by atoms with Crippen LogP contribution in [0.5, 0.6) is 0 Å². The number of furan rings is 2. The molecule has 16 aliphatic rings. The van der Waals surface area contributed by atoms with E-state index in [9.17, 15) is 52.8 Å². The number of carbonyl (C=O) groups excluding carboxylic acids is 4. The summed E-state index contributed by atoms with van der Waals surface area (Å²) in [4.78, 5) is 55.1. The first kappa shape index (κ1) is 84.5. The van der Waals surface area contributed by atoms with Gasteiger partial charge in [-0.05, 0) is 432 Å². The molecule has 32 atom stereocenters. The second-order valence-corrected chi connectivity index (χ2v) is 46.2. The summed E-state index contributed by atoms with van der Waals surface area (Å²) in [5.41, 5.74) is -2.97. The summed E-state index contributed by atoms with van der Waals surface area (Å²) in [6, 6.07) is 15.9. The minimum Gasteiger partial charge on any atom is -0.469 e. The molecule has 4 heterocycles. The lowest BCUT2D eigenvalue weighted by Gasteiger charge is -2.57. The van der Waals surface area contributed by atoms with E-state index in [-0.39, 0.29) is 64.1 Å². The molecular weight excluding hydrogens is 1490 g/mol. The van der Waals surface area contributed by atoms with Gasteiger partial charge in [-0.2, -0.15) is 0 Å². The molecule has 16 aliphatic carbocycles. The monoisotopic (exact) mass is 1640 g/mol. The van der Waals surface area contributed by atoms with Gasteiger partial charge >= 0.3 is 0 Å². The van der Waals surface area contributed by atoms with Crippen LogP contribution >= 0.6 is 22.7 Å². The van der Waals surface area contributed by atoms with Gasteiger partial charge in [0.2, 0.25) is 0 Å². The maximum Gasteiger partial charge on any atom is 0.266 e. The SMILES string of the molecule is CC[C@@]1(O)CC[C@H]2[C@@H](CC[C@@H]3[C@@H]2CC[C@]2(C)[C@@H](C(=O)Cc4ccco4)CC[C@@H]32)C1.C[C@@]1(O)CC[C@H]2[C@@H](CC[C@@H]3[C@@H]2CC[C@]2(C)[C@@H](C(=O)Cc4ccco4)CC[C@@H]32)C1.C[C@]12CC[C@H]3[C@@H](CC[C@H]4C[C@@](O)(C(F)F)CC[C@@H]43)[C@@H]1CC[C@@H]2C(=O)Cc1cccs1.C[C@]12CC[C@H]3[C@@H](CC[C@H]4C[C@@](O)(CF)CC[C@@H]43)[C@@H]1CC[C@@H]2C(=O)Cc1cccs1. The van der Waals surface area contributed by atoms with Crippen LogP contribution in [0.25, 0.3) is 0 Å². The van der Waals surface area contributed by atoms with E-state index in [2.05, 4.69) is 52.1 Å². The average molecular weight is 1640 g/mol. The summed E-state index contributed by atoms with van der Waals surface area (Å²) in [6.07, 6.45) is 42.2. The molecule has 4 N–H and O–H groups in total. The van der Waals surface area contributed by atoms with Crippen molar-refractivity contribution in [1.29, 1.82) is 0 Å². The van der Waals surface area contributed by atoms with Crippen molar-refractivity contribution in [3.63, 3.8) is 0 Å². The number of hydrogen-bond acceptors (Lipinski definition) is 12. The van der Waals surface area contributed by atoms with Crippen LogP contribution in [-0.2, 0) is 44.9 Å². The molecule has 0 aliphatic heterocycles. The molecule has 16 fully saturated rings. The van der Waals surface area contributed by atoms with E-state index in [1.807, 2.05) is 48.7 Å². The molecule has 4 aromatic heterocycles. The van der Waals surface area contributed by atoms with Crippen LogP contribution in [0.4, 0.5) is 13.2 Å². The number of halogens is 3. The average Bonchev–Trinajstić information content (AvgIpc) is 1.58. The summed E-state index contributed by atoms with van der Waals surface area (Å²) in [5, 5.41) is 46.4. The van der Waals surface area contributed by atoms with Crippen molar-refractivity contribution < 1.29 is 61.6 Å². The van der Waals surface area contributed by atoms with Crippen molar-refractivity contribution in [2.45, 2.75) is 334 Å². The number of rotatable bonds is 15. The minimum absolute atomic E-state index is 0.112. The van der Waals surface area contributed by atoms with Gasteiger partial charge in [-0.1, -0.05) is 46.8 Å². The second kappa shape index (κ2) is 33.4. The molecule has 15 heteroatoms. The number of thiophene rings is 2. The highest BCUT2D eigenvalue weighted by Gasteiger charge is 2.65. The number of carbonyl (C=O) groups is 4. The lowest BCUT2D eigenvalue weighted by molar-refractivity contribution is -0.160. The van der Waals surface area contributed by atoms with E-state index in [0.29, 0.717) is 103 Å². The molecule has 116 heavy (non-hydrogen) atoms. The zero-order valence-corrected chi connectivity index (χ0v) is 72.9. The first-order valence-electron chi connectivity index (χ1n) is 47.5. The van der Waals surface area contributed by atoms with Gasteiger partial charge in [0, 0.05) is 46.3 Å². The second-order valence-electron chi connectivity index (χ2n) is 44.1. The van der Waals surface area contributed by atoms with Gasteiger partial charge in [0.25, 0.3) is 6.43 Å². The Labute approximate surface area is 700 Å². The van der Waals surface area contributed by atoms with Gasteiger partial charge in [0.15, 0.2) is 0 Å². The maximum atomic E-state index is 13.4. The number of aliphatic hydroxyl groups is 4. The molecule has 0 saturated heterocycles. The third-order valence-corrected chi connectivity index (χ3v) is 40.8. The number of fused-ring (bicyclic) bond motifs is 20. The molecule has 0 amide bonds. The fourth-order valence-corrected chi connectivity index (χ4v) is 34.9. The Hall–Kier alpha value is -3.73. The van der Waals surface area contributed by atoms with Crippen molar-refractivity contribution >= 4 is 45.8 Å². The van der Waals surface area contributed by atoms with Crippen molar-refractivity contribution in [2.75, 3.05) is 6.67 Å². The Morgan fingerprint density at radius 2 is 0.716 bits per heavy atom. The smallest absolute Gasteiger partial charge is 0.266 e. The normalized spacial score (nSPS) is 46.6. The molecule has 20 rings (SSSR count). The van der Waals surface area contributed by atoms with E-state index < -0.39 is 35.5 Å². The van der Waals surface area contributed by atoms with E-state index in [4.69, 9.17) is 8.83 Å². The highest BCUT2D eigenvalue weighted by atomic mass is 32.1. The van der Waals surface area contributed by atoms with Crippen LogP contribution in [0.3, 0.4) is 0 Å².